The molecule has 1 fully saturated rings. The standard InChI is InChI=1S/C21H19N5O3.ClH/c27-13-8-17(22-9-13)21(29)24-12-6-14-18-15(10-23-26-20(14)28)19(25-16(18)7-12)11-4-2-1-3-5-11;/h1-7,10,13,17,22,25,27H,8-9H2,(H,24,29)(H,26,28);1H/t13-,17+;/m1./s1. The molecule has 0 bridgehead atoms. The van der Waals surface area contributed by atoms with Crippen molar-refractivity contribution in [1.29, 1.82) is 0 Å². The molecular formula is C21H20ClN5O3. The van der Waals surface area contributed by atoms with Crippen LogP contribution in [-0.4, -0.2) is 46.8 Å². The summed E-state index contributed by atoms with van der Waals surface area (Å²) in [5.74, 6) is -0.581. The zero-order chi connectivity index (χ0) is 20.0. The van der Waals surface area contributed by atoms with Crippen LogP contribution in [0.5, 0.6) is 0 Å². The predicted molar refractivity (Wildman–Crippen MR) is 117 cm³/mol. The molecule has 1 saturated heterocycles. The van der Waals surface area contributed by atoms with Crippen LogP contribution < -0.4 is 16.1 Å². The van der Waals surface area contributed by atoms with Crippen LogP contribution >= 0.6 is 12.4 Å². The number of aliphatic hydroxyl groups is 1. The molecule has 0 unspecified atom stereocenters. The molecule has 2 atom stereocenters. The number of carbonyl (C=O) groups excluding carboxylic acids is 2. The second kappa shape index (κ2) is 7.91. The Hall–Kier alpha value is -3.20. The number of amides is 2. The number of hydrogen-bond donors (Lipinski definition) is 5. The normalized spacial score (nSPS) is 19.8. The van der Waals surface area contributed by atoms with Crippen LogP contribution in [0.4, 0.5) is 5.69 Å². The van der Waals surface area contributed by atoms with Crippen LogP contribution in [0.3, 0.4) is 0 Å². The first-order valence-electron chi connectivity index (χ1n) is 9.41. The number of nitrogens with one attached hydrogen (secondary N) is 4. The third-order valence-electron chi connectivity index (χ3n) is 5.30. The van der Waals surface area contributed by atoms with Crippen molar-refractivity contribution in [2.75, 3.05) is 11.9 Å². The Labute approximate surface area is 178 Å². The quantitative estimate of drug-likeness (QED) is 0.441. The highest BCUT2D eigenvalue weighted by Gasteiger charge is 2.29. The van der Waals surface area contributed by atoms with E-state index in [1.807, 2.05) is 36.4 Å². The number of hydrogen-bond acceptors (Lipinski definition) is 5. The lowest BCUT2D eigenvalue weighted by molar-refractivity contribution is -0.117. The Morgan fingerprint density at radius 1 is 1.20 bits per heavy atom. The lowest BCUT2D eigenvalue weighted by Gasteiger charge is -2.12. The van der Waals surface area contributed by atoms with E-state index in [-0.39, 0.29) is 24.2 Å². The fraction of sp³-hybridized carbons (Fsp3) is 0.190. The molecule has 2 aromatic carbocycles. The van der Waals surface area contributed by atoms with Crippen molar-refractivity contribution in [2.45, 2.75) is 18.6 Å². The monoisotopic (exact) mass is 425 g/mol. The highest BCUT2D eigenvalue weighted by atomic mass is 35.5. The largest absolute Gasteiger partial charge is 0.392 e. The number of H-pyrrole nitrogens is 1. The average molecular weight is 426 g/mol. The van der Waals surface area contributed by atoms with Crippen molar-refractivity contribution < 1.29 is 14.7 Å². The van der Waals surface area contributed by atoms with Gasteiger partial charge in [-0.25, -0.2) is 5.43 Å². The van der Waals surface area contributed by atoms with Crippen LogP contribution in [0.15, 0.2) is 47.6 Å². The van der Waals surface area contributed by atoms with Gasteiger partial charge in [0.2, 0.25) is 5.91 Å². The van der Waals surface area contributed by atoms with Gasteiger partial charge in [0.05, 0.1) is 29.6 Å². The Morgan fingerprint density at radius 2 is 2.00 bits per heavy atom. The minimum atomic E-state index is -0.528. The van der Waals surface area contributed by atoms with E-state index in [9.17, 15) is 14.7 Å². The zero-order valence-corrected chi connectivity index (χ0v) is 16.6. The molecule has 3 aromatic rings. The fourth-order valence-electron chi connectivity index (χ4n) is 3.93. The Kier molecular flexibility index (Phi) is 5.29. The van der Waals surface area contributed by atoms with Gasteiger partial charge in [0.1, 0.15) is 0 Å². The SMILES string of the molecule is Cl.O=C1NN=Cc2c(-c3ccccc3)[nH]c3cc(NC(=O)[C@@H]4C[C@@H](O)CN4)cc1c23. The predicted octanol–water partition coefficient (Wildman–Crippen LogP) is 2.00. The highest BCUT2D eigenvalue weighted by Crippen LogP contribution is 2.34. The molecule has 1 aromatic heterocycles. The smallest absolute Gasteiger partial charge is 0.272 e. The average Bonchev–Trinajstić information content (AvgIpc) is 3.27. The molecule has 5 rings (SSSR count). The van der Waals surface area contributed by atoms with E-state index < -0.39 is 12.1 Å². The van der Waals surface area contributed by atoms with Crippen LogP contribution in [0.25, 0.3) is 22.2 Å². The number of β-amino-alcohol motifs (C(OH)–C–C–N with tert-alkyl or cyclic N) is 1. The van der Waals surface area contributed by atoms with Gasteiger partial charge in [0.25, 0.3) is 5.91 Å². The van der Waals surface area contributed by atoms with Crippen LogP contribution in [0.1, 0.15) is 22.3 Å². The maximum atomic E-state index is 12.6. The van der Waals surface area contributed by atoms with Gasteiger partial charge in [-0.05, 0) is 24.1 Å². The number of benzene rings is 2. The molecular weight excluding hydrogens is 406 g/mol. The van der Waals surface area contributed by atoms with E-state index >= 15 is 0 Å². The number of rotatable bonds is 3. The van der Waals surface area contributed by atoms with E-state index in [4.69, 9.17) is 0 Å². The van der Waals surface area contributed by atoms with Crippen molar-refractivity contribution in [2.24, 2.45) is 5.10 Å². The number of anilines is 1. The summed E-state index contributed by atoms with van der Waals surface area (Å²) in [5, 5.41) is 20.3. The van der Waals surface area contributed by atoms with Crippen molar-refractivity contribution in [3.63, 3.8) is 0 Å². The number of aromatic nitrogens is 1. The van der Waals surface area contributed by atoms with Gasteiger partial charge in [-0.1, -0.05) is 30.3 Å². The van der Waals surface area contributed by atoms with Crippen molar-refractivity contribution in [3.8, 4) is 11.3 Å². The van der Waals surface area contributed by atoms with E-state index in [1.54, 1.807) is 12.3 Å². The van der Waals surface area contributed by atoms with Crippen molar-refractivity contribution in [3.05, 3.63) is 53.6 Å². The van der Waals surface area contributed by atoms with E-state index in [1.165, 1.54) is 0 Å². The minimum absolute atomic E-state index is 0. The van der Waals surface area contributed by atoms with Crippen molar-refractivity contribution in [1.82, 2.24) is 15.7 Å². The van der Waals surface area contributed by atoms with Gasteiger partial charge in [-0.15, -0.1) is 12.4 Å². The first kappa shape index (κ1) is 20.1. The molecule has 8 nitrogen and oxygen atoms in total. The molecule has 30 heavy (non-hydrogen) atoms. The number of aromatic amines is 1. The molecule has 5 N–H and O–H groups in total. The summed E-state index contributed by atoms with van der Waals surface area (Å²) >= 11 is 0. The topological polar surface area (TPSA) is 119 Å². The van der Waals surface area contributed by atoms with Crippen LogP contribution in [0, 0.1) is 0 Å². The summed E-state index contributed by atoms with van der Waals surface area (Å²) in [6.07, 6.45) is 1.47. The second-order valence-corrected chi connectivity index (χ2v) is 7.26. The molecule has 0 spiro atoms. The maximum absolute atomic E-state index is 12.6. The summed E-state index contributed by atoms with van der Waals surface area (Å²) in [5.41, 5.74) is 6.83. The van der Waals surface area contributed by atoms with Gasteiger partial charge >= 0.3 is 0 Å². The number of nitrogens with zero attached hydrogens (tertiary/aromatic N) is 1. The minimum Gasteiger partial charge on any atom is -0.392 e. The van der Waals surface area contributed by atoms with Crippen molar-refractivity contribution >= 4 is 47.0 Å². The Bertz CT molecular complexity index is 1160. The second-order valence-electron chi connectivity index (χ2n) is 7.26. The molecule has 3 heterocycles. The summed E-state index contributed by atoms with van der Waals surface area (Å²) in [6, 6.07) is 12.8. The van der Waals surface area contributed by atoms with E-state index in [0.29, 0.717) is 24.2 Å². The Balaban J connectivity index is 0.00000218. The van der Waals surface area contributed by atoms with Gasteiger partial charge in [0, 0.05) is 28.7 Å². The van der Waals surface area contributed by atoms with Crippen LogP contribution in [-0.2, 0) is 4.79 Å². The Morgan fingerprint density at radius 3 is 2.73 bits per heavy atom. The molecule has 0 aliphatic carbocycles. The molecule has 154 valence electrons. The molecule has 2 aliphatic heterocycles. The van der Waals surface area contributed by atoms with Gasteiger partial charge < -0.3 is 20.7 Å². The van der Waals surface area contributed by atoms with Gasteiger partial charge in [-0.2, -0.15) is 5.10 Å². The maximum Gasteiger partial charge on any atom is 0.272 e. The molecule has 2 amide bonds. The number of carbonyl (C=O) groups is 2. The van der Waals surface area contributed by atoms with Crippen LogP contribution in [0.2, 0.25) is 0 Å². The number of halogens is 1. The van der Waals surface area contributed by atoms with Gasteiger partial charge in [0.15, 0.2) is 0 Å². The summed E-state index contributed by atoms with van der Waals surface area (Å²) in [7, 11) is 0. The van der Waals surface area contributed by atoms with E-state index in [0.717, 1.165) is 27.7 Å². The zero-order valence-electron chi connectivity index (χ0n) is 15.8. The third kappa shape index (κ3) is 3.45. The molecule has 0 radical (unpaired) electrons. The first-order valence-corrected chi connectivity index (χ1v) is 9.41. The fourth-order valence-corrected chi connectivity index (χ4v) is 3.93. The lowest BCUT2D eigenvalue weighted by atomic mass is 10.0. The molecule has 2 aliphatic rings. The van der Waals surface area contributed by atoms with E-state index in [2.05, 4.69) is 26.1 Å². The number of hydrazone groups is 1. The lowest BCUT2D eigenvalue weighted by Crippen LogP contribution is -2.35. The van der Waals surface area contributed by atoms with Gasteiger partial charge in [-0.3, -0.25) is 9.59 Å². The molecule has 0 saturated carbocycles. The highest BCUT2D eigenvalue weighted by molar-refractivity contribution is 6.18. The first-order chi connectivity index (χ1) is 14.1. The summed E-state index contributed by atoms with van der Waals surface area (Å²) in [6.45, 7) is 0.391. The summed E-state index contributed by atoms with van der Waals surface area (Å²) in [4.78, 5) is 28.5. The summed E-state index contributed by atoms with van der Waals surface area (Å²) < 4.78 is 0. The third-order valence-corrected chi connectivity index (χ3v) is 5.30. The molecule has 9 heteroatoms. The number of aliphatic hydroxyl groups excluding tert-OH is 1.